The van der Waals surface area contributed by atoms with Crippen molar-refractivity contribution in [1.29, 1.82) is 0 Å². The highest BCUT2D eigenvalue weighted by molar-refractivity contribution is 7.18. The average Bonchev–Trinajstić information content (AvgIpc) is 2.72. The summed E-state index contributed by atoms with van der Waals surface area (Å²) >= 11 is 1.65. The minimum atomic E-state index is 0.760. The molecule has 0 aliphatic rings. The smallest absolute Gasteiger partial charge is 0.0579 e. The molecule has 0 saturated carbocycles. The minimum Gasteiger partial charge on any atom is -0.398 e. The van der Waals surface area contributed by atoms with Crippen LogP contribution in [0, 0.1) is 0 Å². The lowest BCUT2D eigenvalue weighted by molar-refractivity contribution is 1.48. The van der Waals surface area contributed by atoms with E-state index in [1.165, 1.54) is 4.70 Å². The summed E-state index contributed by atoms with van der Waals surface area (Å²) in [6, 6.07) is 4.10. The molecule has 3 nitrogen and oxygen atoms in total. The highest BCUT2D eigenvalue weighted by Gasteiger charge is 2.09. The van der Waals surface area contributed by atoms with Crippen molar-refractivity contribution in [2.75, 3.05) is 11.5 Å². The van der Waals surface area contributed by atoms with Crippen LogP contribution in [0.3, 0.4) is 0 Å². The summed E-state index contributed by atoms with van der Waals surface area (Å²) in [5.74, 6) is 0. The number of aromatic amines is 1. The van der Waals surface area contributed by atoms with Crippen molar-refractivity contribution in [2.45, 2.75) is 0 Å². The Kier molecular flexibility index (Phi) is 1.33. The van der Waals surface area contributed by atoms with E-state index in [2.05, 4.69) is 11.1 Å². The van der Waals surface area contributed by atoms with Crippen LogP contribution in [0.4, 0.5) is 11.4 Å². The molecule has 14 heavy (non-hydrogen) atoms. The third-order valence-corrected chi connectivity index (χ3v) is 3.41. The van der Waals surface area contributed by atoms with Crippen LogP contribution >= 0.6 is 11.3 Å². The van der Waals surface area contributed by atoms with Crippen molar-refractivity contribution in [3.63, 3.8) is 0 Å². The molecule has 0 saturated heterocycles. The molecule has 0 spiro atoms. The van der Waals surface area contributed by atoms with Gasteiger partial charge in [0.2, 0.25) is 0 Å². The Morgan fingerprint density at radius 1 is 1.07 bits per heavy atom. The first-order chi connectivity index (χ1) is 6.77. The minimum absolute atomic E-state index is 0.760. The van der Waals surface area contributed by atoms with Gasteiger partial charge in [-0.05, 0) is 12.1 Å². The van der Waals surface area contributed by atoms with Gasteiger partial charge in [-0.25, -0.2) is 0 Å². The van der Waals surface area contributed by atoms with Crippen LogP contribution in [0.1, 0.15) is 0 Å². The third-order valence-electron chi connectivity index (χ3n) is 2.44. The number of aromatic nitrogens is 1. The van der Waals surface area contributed by atoms with Crippen molar-refractivity contribution in [3.05, 3.63) is 23.7 Å². The fourth-order valence-electron chi connectivity index (χ4n) is 1.80. The molecule has 4 heteroatoms. The lowest BCUT2D eigenvalue weighted by Gasteiger charge is -1.96. The van der Waals surface area contributed by atoms with Crippen molar-refractivity contribution < 1.29 is 0 Å². The van der Waals surface area contributed by atoms with E-state index < -0.39 is 0 Å². The molecule has 3 aromatic rings. The van der Waals surface area contributed by atoms with Gasteiger partial charge in [-0.15, -0.1) is 11.3 Å². The summed E-state index contributed by atoms with van der Waals surface area (Å²) in [7, 11) is 0. The zero-order valence-electron chi connectivity index (χ0n) is 7.37. The van der Waals surface area contributed by atoms with E-state index in [1.807, 2.05) is 11.4 Å². The van der Waals surface area contributed by atoms with Crippen LogP contribution in [0.2, 0.25) is 0 Å². The molecule has 0 radical (unpaired) electrons. The van der Waals surface area contributed by atoms with E-state index in [0.717, 1.165) is 27.7 Å². The summed E-state index contributed by atoms with van der Waals surface area (Å²) in [6.07, 6.45) is 1.81. The number of thiophene rings is 1. The number of H-pyrrole nitrogens is 1. The lowest BCUT2D eigenvalue weighted by atomic mass is 10.1. The van der Waals surface area contributed by atoms with Crippen LogP contribution in [0.15, 0.2) is 23.7 Å². The monoisotopic (exact) mass is 203 g/mol. The van der Waals surface area contributed by atoms with Gasteiger partial charge in [-0.1, -0.05) is 0 Å². The Morgan fingerprint density at radius 3 is 2.79 bits per heavy atom. The predicted octanol–water partition coefficient (Wildman–Crippen LogP) is 2.55. The maximum Gasteiger partial charge on any atom is 0.0579 e. The Hall–Kier alpha value is -1.68. The Balaban J connectivity index is 2.70. The van der Waals surface area contributed by atoms with E-state index >= 15 is 0 Å². The van der Waals surface area contributed by atoms with Crippen molar-refractivity contribution in [3.8, 4) is 0 Å². The SMILES string of the molecule is Nc1c[nH]c2ccc3scc(N)c3c12. The zero-order valence-corrected chi connectivity index (χ0v) is 8.19. The van der Waals surface area contributed by atoms with E-state index in [9.17, 15) is 0 Å². The van der Waals surface area contributed by atoms with Gasteiger partial charge >= 0.3 is 0 Å². The van der Waals surface area contributed by atoms with E-state index in [-0.39, 0.29) is 0 Å². The molecule has 3 rings (SSSR count). The molecular formula is C10H9N3S. The largest absolute Gasteiger partial charge is 0.398 e. The molecule has 0 aliphatic carbocycles. The summed E-state index contributed by atoms with van der Waals surface area (Å²) in [4.78, 5) is 3.12. The molecule has 1 aromatic carbocycles. The quantitative estimate of drug-likeness (QED) is 0.525. The second-order valence-electron chi connectivity index (χ2n) is 3.30. The Bertz CT molecular complexity index is 565. The highest BCUT2D eigenvalue weighted by atomic mass is 32.1. The van der Waals surface area contributed by atoms with Crippen LogP contribution in [-0.2, 0) is 0 Å². The van der Waals surface area contributed by atoms with Gasteiger partial charge in [0.05, 0.1) is 11.4 Å². The maximum atomic E-state index is 5.91. The van der Waals surface area contributed by atoms with Crippen LogP contribution in [0.5, 0.6) is 0 Å². The summed E-state index contributed by atoms with van der Waals surface area (Å²) < 4.78 is 1.18. The molecule has 0 unspecified atom stereocenters. The van der Waals surface area contributed by atoms with Gasteiger partial charge < -0.3 is 16.5 Å². The summed E-state index contributed by atoms with van der Waals surface area (Å²) in [5.41, 5.74) is 14.4. The number of rotatable bonds is 0. The fourth-order valence-corrected chi connectivity index (χ4v) is 2.66. The molecule has 0 aliphatic heterocycles. The number of anilines is 2. The molecule has 2 heterocycles. The van der Waals surface area contributed by atoms with Gasteiger partial charge in [0, 0.05) is 32.6 Å². The van der Waals surface area contributed by atoms with Gasteiger partial charge in [0.25, 0.3) is 0 Å². The van der Waals surface area contributed by atoms with E-state index in [0.29, 0.717) is 0 Å². The zero-order chi connectivity index (χ0) is 9.71. The van der Waals surface area contributed by atoms with Gasteiger partial charge in [-0.2, -0.15) is 0 Å². The molecule has 0 bridgehead atoms. The second kappa shape index (κ2) is 2.42. The number of fused-ring (bicyclic) bond motifs is 3. The normalized spacial score (nSPS) is 11.4. The molecule has 0 atom stereocenters. The summed E-state index contributed by atoms with van der Waals surface area (Å²) in [6.45, 7) is 0. The van der Waals surface area contributed by atoms with E-state index in [1.54, 1.807) is 17.5 Å². The number of nitrogens with one attached hydrogen (secondary N) is 1. The number of benzene rings is 1. The standard InChI is InChI=1S/C10H9N3S/c11-5-3-13-7-1-2-8-10(9(5)7)6(12)4-14-8/h1-4,13H,11-12H2. The first-order valence-corrected chi connectivity index (χ1v) is 5.17. The number of nitrogens with two attached hydrogens (primary N) is 2. The average molecular weight is 203 g/mol. The third kappa shape index (κ3) is 0.807. The number of hydrogen-bond acceptors (Lipinski definition) is 3. The molecule has 0 fully saturated rings. The maximum absolute atomic E-state index is 5.91. The molecule has 5 N–H and O–H groups in total. The highest BCUT2D eigenvalue weighted by Crippen LogP contribution is 2.36. The second-order valence-corrected chi connectivity index (χ2v) is 4.21. The van der Waals surface area contributed by atoms with Crippen LogP contribution < -0.4 is 11.5 Å². The van der Waals surface area contributed by atoms with Crippen molar-refractivity contribution >= 4 is 43.7 Å². The fraction of sp³-hybridized carbons (Fsp3) is 0. The predicted molar refractivity (Wildman–Crippen MR) is 62.5 cm³/mol. The first kappa shape index (κ1) is 7.70. The van der Waals surface area contributed by atoms with E-state index in [4.69, 9.17) is 11.5 Å². The lowest BCUT2D eigenvalue weighted by Crippen LogP contribution is -1.84. The Labute approximate surface area is 84.3 Å². The first-order valence-electron chi connectivity index (χ1n) is 4.29. The van der Waals surface area contributed by atoms with Crippen LogP contribution in [0.25, 0.3) is 21.0 Å². The molecule has 0 amide bonds. The number of hydrogen-bond donors (Lipinski definition) is 3. The number of nitrogen functional groups attached to an aromatic ring is 2. The van der Waals surface area contributed by atoms with Gasteiger partial charge in [-0.3, -0.25) is 0 Å². The van der Waals surface area contributed by atoms with Gasteiger partial charge in [0.15, 0.2) is 0 Å². The Morgan fingerprint density at radius 2 is 1.93 bits per heavy atom. The van der Waals surface area contributed by atoms with Crippen molar-refractivity contribution in [2.24, 2.45) is 0 Å². The van der Waals surface area contributed by atoms with Crippen LogP contribution in [-0.4, -0.2) is 4.98 Å². The molecule has 2 aromatic heterocycles. The molecule has 70 valence electrons. The molecular weight excluding hydrogens is 194 g/mol. The summed E-state index contributed by atoms with van der Waals surface area (Å²) in [5, 5.41) is 4.07. The van der Waals surface area contributed by atoms with Gasteiger partial charge in [0.1, 0.15) is 0 Å². The van der Waals surface area contributed by atoms with Crippen molar-refractivity contribution in [1.82, 2.24) is 4.98 Å². The topological polar surface area (TPSA) is 67.8 Å².